The maximum Gasteiger partial charge on any atom is 0.161 e. The second-order valence-electron chi connectivity index (χ2n) is 4.75. The Morgan fingerprint density at radius 3 is 2.44 bits per heavy atom. The summed E-state index contributed by atoms with van der Waals surface area (Å²) in [7, 11) is 3.39. The molecule has 1 spiro atoms. The number of nitrogens with one attached hydrogen (secondary N) is 1. The maximum atomic E-state index is 5.38. The van der Waals surface area contributed by atoms with Crippen molar-refractivity contribution in [2.24, 2.45) is 0 Å². The lowest BCUT2D eigenvalue weighted by atomic mass is 9.87. The third-order valence-electron chi connectivity index (χ3n) is 3.81. The number of methoxy groups -OCH3 is 2. The standard InChI is InChI=1S/C13H17NO2/c1-15-11-5-9-7-14-8-13(3-4-13)10(9)6-12(11)16-2/h5-6,14H,3-4,7-8H2,1-2H3. The lowest BCUT2D eigenvalue weighted by Crippen LogP contribution is -2.33. The molecule has 0 aromatic heterocycles. The van der Waals surface area contributed by atoms with Crippen LogP contribution in [0.3, 0.4) is 0 Å². The highest BCUT2D eigenvalue weighted by Crippen LogP contribution is 2.52. The highest BCUT2D eigenvalue weighted by atomic mass is 16.5. The quantitative estimate of drug-likeness (QED) is 0.823. The minimum Gasteiger partial charge on any atom is -0.493 e. The van der Waals surface area contributed by atoms with E-state index in [4.69, 9.17) is 9.47 Å². The molecule has 2 aliphatic rings. The van der Waals surface area contributed by atoms with Gasteiger partial charge >= 0.3 is 0 Å². The van der Waals surface area contributed by atoms with Gasteiger partial charge in [0.15, 0.2) is 11.5 Å². The lowest BCUT2D eigenvalue weighted by molar-refractivity contribution is 0.352. The number of ether oxygens (including phenoxy) is 2. The molecule has 1 saturated carbocycles. The van der Waals surface area contributed by atoms with Gasteiger partial charge in [-0.15, -0.1) is 0 Å². The van der Waals surface area contributed by atoms with Gasteiger partial charge in [0.05, 0.1) is 14.2 Å². The molecule has 1 aliphatic heterocycles. The van der Waals surface area contributed by atoms with Gasteiger partial charge in [0.25, 0.3) is 0 Å². The van der Waals surface area contributed by atoms with Crippen molar-refractivity contribution in [2.45, 2.75) is 24.8 Å². The van der Waals surface area contributed by atoms with Crippen molar-refractivity contribution in [1.82, 2.24) is 5.32 Å². The highest BCUT2D eigenvalue weighted by molar-refractivity contribution is 5.52. The van der Waals surface area contributed by atoms with E-state index in [0.29, 0.717) is 5.41 Å². The Bertz CT molecular complexity index is 424. The zero-order chi connectivity index (χ0) is 11.2. The van der Waals surface area contributed by atoms with Gasteiger partial charge in [-0.05, 0) is 36.1 Å². The van der Waals surface area contributed by atoms with Crippen LogP contribution in [0, 0.1) is 0 Å². The summed E-state index contributed by atoms with van der Waals surface area (Å²) in [6.45, 7) is 2.05. The molecule has 0 bridgehead atoms. The van der Waals surface area contributed by atoms with E-state index in [0.717, 1.165) is 24.6 Å². The molecule has 0 saturated heterocycles. The van der Waals surface area contributed by atoms with Crippen molar-refractivity contribution < 1.29 is 9.47 Å². The minimum absolute atomic E-state index is 0.396. The summed E-state index contributed by atoms with van der Waals surface area (Å²) in [5.41, 5.74) is 3.22. The number of benzene rings is 1. The van der Waals surface area contributed by atoms with Crippen LogP contribution < -0.4 is 14.8 Å². The zero-order valence-corrected chi connectivity index (χ0v) is 9.80. The van der Waals surface area contributed by atoms with Crippen molar-refractivity contribution in [3.8, 4) is 11.5 Å². The molecule has 3 rings (SSSR count). The molecule has 0 atom stereocenters. The van der Waals surface area contributed by atoms with Crippen LogP contribution in [-0.4, -0.2) is 20.8 Å². The Morgan fingerprint density at radius 2 is 1.81 bits per heavy atom. The summed E-state index contributed by atoms with van der Waals surface area (Å²) in [6, 6.07) is 4.28. The van der Waals surface area contributed by atoms with Gasteiger partial charge < -0.3 is 14.8 Å². The summed E-state index contributed by atoms with van der Waals surface area (Å²) in [6.07, 6.45) is 2.59. The third-order valence-corrected chi connectivity index (χ3v) is 3.81. The summed E-state index contributed by atoms with van der Waals surface area (Å²) < 4.78 is 10.7. The fourth-order valence-electron chi connectivity index (χ4n) is 2.69. The molecule has 16 heavy (non-hydrogen) atoms. The smallest absolute Gasteiger partial charge is 0.161 e. The first-order valence-electron chi connectivity index (χ1n) is 5.75. The predicted octanol–water partition coefficient (Wildman–Crippen LogP) is 1.84. The molecule has 1 aliphatic carbocycles. The van der Waals surface area contributed by atoms with E-state index in [9.17, 15) is 0 Å². The van der Waals surface area contributed by atoms with Gasteiger partial charge in [-0.2, -0.15) is 0 Å². The second kappa shape index (κ2) is 3.39. The van der Waals surface area contributed by atoms with Gasteiger partial charge in [-0.1, -0.05) is 0 Å². The van der Waals surface area contributed by atoms with Crippen molar-refractivity contribution in [3.63, 3.8) is 0 Å². The largest absolute Gasteiger partial charge is 0.493 e. The van der Waals surface area contributed by atoms with Crippen LogP contribution in [0.5, 0.6) is 11.5 Å². The monoisotopic (exact) mass is 219 g/mol. The molecule has 1 aromatic carbocycles. The molecule has 3 nitrogen and oxygen atoms in total. The van der Waals surface area contributed by atoms with Crippen LogP contribution in [0.1, 0.15) is 24.0 Å². The molecule has 1 aromatic rings. The van der Waals surface area contributed by atoms with Crippen molar-refractivity contribution in [3.05, 3.63) is 23.3 Å². The Labute approximate surface area is 95.8 Å². The minimum atomic E-state index is 0.396. The van der Waals surface area contributed by atoms with Crippen LogP contribution in [0.4, 0.5) is 0 Å². The van der Waals surface area contributed by atoms with E-state index in [1.165, 1.54) is 24.0 Å². The Balaban J connectivity index is 2.12. The lowest BCUT2D eigenvalue weighted by Gasteiger charge is -2.27. The first-order chi connectivity index (χ1) is 7.79. The molecular weight excluding hydrogens is 202 g/mol. The first-order valence-corrected chi connectivity index (χ1v) is 5.75. The van der Waals surface area contributed by atoms with Crippen LogP contribution in [0.25, 0.3) is 0 Å². The van der Waals surface area contributed by atoms with Crippen LogP contribution in [-0.2, 0) is 12.0 Å². The molecular formula is C13H17NO2. The second-order valence-corrected chi connectivity index (χ2v) is 4.75. The van der Waals surface area contributed by atoms with E-state index in [2.05, 4.69) is 17.4 Å². The number of rotatable bonds is 2. The van der Waals surface area contributed by atoms with Gasteiger partial charge in [0.1, 0.15) is 0 Å². The van der Waals surface area contributed by atoms with Crippen molar-refractivity contribution in [1.29, 1.82) is 0 Å². The highest BCUT2D eigenvalue weighted by Gasteiger charge is 2.47. The summed E-state index contributed by atoms with van der Waals surface area (Å²) >= 11 is 0. The number of hydrogen-bond acceptors (Lipinski definition) is 3. The molecule has 86 valence electrons. The van der Waals surface area contributed by atoms with Crippen molar-refractivity contribution in [2.75, 3.05) is 20.8 Å². The topological polar surface area (TPSA) is 30.5 Å². The van der Waals surface area contributed by atoms with Gasteiger partial charge in [0, 0.05) is 18.5 Å². The predicted molar refractivity (Wildman–Crippen MR) is 62.2 cm³/mol. The normalized spacial score (nSPS) is 20.4. The van der Waals surface area contributed by atoms with Crippen molar-refractivity contribution >= 4 is 0 Å². The molecule has 1 fully saturated rings. The van der Waals surface area contributed by atoms with E-state index < -0.39 is 0 Å². The molecule has 0 radical (unpaired) electrons. The summed E-state index contributed by atoms with van der Waals surface area (Å²) in [5.74, 6) is 1.69. The van der Waals surface area contributed by atoms with Gasteiger partial charge in [-0.3, -0.25) is 0 Å². The van der Waals surface area contributed by atoms with Gasteiger partial charge in [0.2, 0.25) is 0 Å². The fraction of sp³-hybridized carbons (Fsp3) is 0.538. The zero-order valence-electron chi connectivity index (χ0n) is 9.80. The summed E-state index contributed by atoms with van der Waals surface area (Å²) in [4.78, 5) is 0. The average Bonchev–Trinajstić information content (AvgIpc) is 3.09. The first kappa shape index (κ1) is 9.97. The SMILES string of the molecule is COc1cc2c(cc1OC)C1(CC1)CNC2. The Hall–Kier alpha value is -1.22. The van der Waals surface area contributed by atoms with E-state index in [1.807, 2.05) is 0 Å². The van der Waals surface area contributed by atoms with E-state index >= 15 is 0 Å². The molecule has 0 amide bonds. The van der Waals surface area contributed by atoms with E-state index in [1.54, 1.807) is 14.2 Å². The van der Waals surface area contributed by atoms with Crippen LogP contribution in [0.2, 0.25) is 0 Å². The summed E-state index contributed by atoms with van der Waals surface area (Å²) in [5, 5.41) is 3.49. The molecule has 3 heteroatoms. The number of fused-ring (bicyclic) bond motifs is 2. The third kappa shape index (κ3) is 1.31. The van der Waals surface area contributed by atoms with Gasteiger partial charge in [-0.25, -0.2) is 0 Å². The maximum absolute atomic E-state index is 5.38. The van der Waals surface area contributed by atoms with Crippen LogP contribution in [0.15, 0.2) is 12.1 Å². The Morgan fingerprint density at radius 1 is 1.12 bits per heavy atom. The fourth-order valence-corrected chi connectivity index (χ4v) is 2.69. The molecule has 1 heterocycles. The molecule has 0 unspecified atom stereocenters. The van der Waals surface area contributed by atoms with Crippen LogP contribution >= 0.6 is 0 Å². The number of hydrogen-bond donors (Lipinski definition) is 1. The molecule has 1 N–H and O–H groups in total. The Kier molecular flexibility index (Phi) is 2.11. The van der Waals surface area contributed by atoms with E-state index in [-0.39, 0.29) is 0 Å². The average molecular weight is 219 g/mol.